The maximum atomic E-state index is 12.7. The highest BCUT2D eigenvalue weighted by Crippen LogP contribution is 2.31. The molecule has 0 fully saturated rings. The molecule has 3 rings (SSSR count). The third-order valence-corrected chi connectivity index (χ3v) is 4.10. The van der Waals surface area contributed by atoms with Crippen LogP contribution in [0.1, 0.15) is 34.8 Å². The predicted octanol–water partition coefficient (Wildman–Crippen LogP) is 5.27. The number of rotatable bonds is 6. The van der Waals surface area contributed by atoms with Gasteiger partial charge in [-0.05, 0) is 36.4 Å². The van der Waals surface area contributed by atoms with Gasteiger partial charge in [-0.1, -0.05) is 19.1 Å². The predicted molar refractivity (Wildman–Crippen MR) is 94.4 cm³/mol. The number of H-pyrrole nitrogens is 1. The average Bonchev–Trinajstić information content (AvgIpc) is 3.14. The van der Waals surface area contributed by atoms with E-state index in [0.717, 1.165) is 12.1 Å². The van der Waals surface area contributed by atoms with E-state index in [4.69, 9.17) is 4.74 Å². The Balaban J connectivity index is 1.71. The van der Waals surface area contributed by atoms with Crippen molar-refractivity contribution in [3.05, 3.63) is 71.4 Å². The number of hydrogen-bond acceptors (Lipinski definition) is 3. The number of carbonyl (C=O) groups excluding carboxylic acids is 1. The minimum absolute atomic E-state index is 0.0565. The second kappa shape index (κ2) is 7.65. The number of Topliss-reactive ketones (excluding diaryl/α,β-unsaturated/α-hetero) is 1. The molecule has 4 nitrogen and oxygen atoms in total. The molecule has 0 aliphatic heterocycles. The number of benzene rings is 2. The zero-order valence-electron chi connectivity index (χ0n) is 14.5. The molecule has 140 valence electrons. The molecule has 0 aliphatic carbocycles. The molecule has 0 saturated carbocycles. The fourth-order valence-corrected chi connectivity index (χ4v) is 2.59. The Bertz CT molecular complexity index is 914. The molecule has 1 heterocycles. The van der Waals surface area contributed by atoms with Gasteiger partial charge >= 0.3 is 6.18 Å². The molecule has 1 aromatic heterocycles. The van der Waals surface area contributed by atoms with Crippen molar-refractivity contribution in [1.29, 1.82) is 0 Å². The lowest BCUT2D eigenvalue weighted by atomic mass is 10.1. The first-order chi connectivity index (χ1) is 12.9. The van der Waals surface area contributed by atoms with Gasteiger partial charge in [0.1, 0.15) is 12.4 Å². The molecule has 0 radical (unpaired) electrons. The maximum Gasteiger partial charge on any atom is 0.416 e. The number of carbonyl (C=O) groups is 1. The van der Waals surface area contributed by atoms with Crippen LogP contribution in [0.25, 0.3) is 11.3 Å². The van der Waals surface area contributed by atoms with Crippen LogP contribution in [0.3, 0.4) is 0 Å². The molecular weight excluding hydrogens is 357 g/mol. The Morgan fingerprint density at radius 3 is 2.33 bits per heavy atom. The van der Waals surface area contributed by atoms with Crippen LogP contribution in [0.2, 0.25) is 0 Å². The summed E-state index contributed by atoms with van der Waals surface area (Å²) in [7, 11) is 0. The fraction of sp³-hybridized carbons (Fsp3) is 0.200. The number of ether oxygens (including phenoxy) is 1. The zero-order chi connectivity index (χ0) is 19.4. The number of halogens is 3. The molecule has 0 spiro atoms. The van der Waals surface area contributed by atoms with Gasteiger partial charge in [-0.3, -0.25) is 9.89 Å². The largest absolute Gasteiger partial charge is 0.489 e. The normalized spacial score (nSPS) is 11.4. The van der Waals surface area contributed by atoms with E-state index in [1.807, 2.05) is 0 Å². The van der Waals surface area contributed by atoms with E-state index in [9.17, 15) is 18.0 Å². The van der Waals surface area contributed by atoms with Crippen LogP contribution in [0.4, 0.5) is 13.2 Å². The summed E-state index contributed by atoms with van der Waals surface area (Å²) in [4.78, 5) is 11.6. The Kier molecular flexibility index (Phi) is 5.30. The topological polar surface area (TPSA) is 55.0 Å². The second-order valence-corrected chi connectivity index (χ2v) is 5.92. The monoisotopic (exact) mass is 374 g/mol. The van der Waals surface area contributed by atoms with Gasteiger partial charge in [-0.15, -0.1) is 0 Å². The van der Waals surface area contributed by atoms with E-state index >= 15 is 0 Å². The van der Waals surface area contributed by atoms with Crippen molar-refractivity contribution >= 4 is 5.78 Å². The summed E-state index contributed by atoms with van der Waals surface area (Å²) in [6.45, 7) is 1.99. The molecule has 2 aromatic carbocycles. The standard InChI is InChI=1S/C20H17F3N2O2/c1-2-18(26)13-5-9-17(10-6-13)27-12-15-11-24-25-19(15)14-3-7-16(8-4-14)20(21,22)23/h3-11H,2,12H2,1H3,(H,24,25). The lowest BCUT2D eigenvalue weighted by Gasteiger charge is -2.09. The molecule has 0 atom stereocenters. The van der Waals surface area contributed by atoms with Gasteiger partial charge in [-0.25, -0.2) is 0 Å². The van der Waals surface area contributed by atoms with Crippen LogP contribution >= 0.6 is 0 Å². The smallest absolute Gasteiger partial charge is 0.416 e. The van der Waals surface area contributed by atoms with E-state index in [1.165, 1.54) is 12.1 Å². The molecular formula is C20H17F3N2O2. The molecule has 0 saturated heterocycles. The van der Waals surface area contributed by atoms with Crippen molar-refractivity contribution in [3.8, 4) is 17.0 Å². The number of aromatic amines is 1. The zero-order valence-corrected chi connectivity index (χ0v) is 14.5. The Morgan fingerprint density at radius 2 is 1.74 bits per heavy atom. The summed E-state index contributed by atoms with van der Waals surface area (Å²) in [6, 6.07) is 11.6. The Labute approximate surface area is 154 Å². The van der Waals surface area contributed by atoms with Crippen molar-refractivity contribution in [3.63, 3.8) is 0 Å². The first kappa shape index (κ1) is 18.7. The summed E-state index contributed by atoms with van der Waals surface area (Å²) < 4.78 is 43.8. The minimum atomic E-state index is -4.37. The quantitative estimate of drug-likeness (QED) is 0.598. The van der Waals surface area contributed by atoms with Crippen LogP contribution in [0.15, 0.2) is 54.7 Å². The summed E-state index contributed by atoms with van der Waals surface area (Å²) in [5.74, 6) is 0.642. The van der Waals surface area contributed by atoms with Crippen LogP contribution in [0.5, 0.6) is 5.75 Å². The lowest BCUT2D eigenvalue weighted by molar-refractivity contribution is -0.137. The van der Waals surface area contributed by atoms with E-state index < -0.39 is 11.7 Å². The highest BCUT2D eigenvalue weighted by Gasteiger charge is 2.30. The van der Waals surface area contributed by atoms with Crippen LogP contribution in [-0.2, 0) is 12.8 Å². The van der Waals surface area contributed by atoms with Gasteiger partial charge in [0.25, 0.3) is 0 Å². The first-order valence-electron chi connectivity index (χ1n) is 8.35. The van der Waals surface area contributed by atoms with E-state index in [1.54, 1.807) is 37.4 Å². The summed E-state index contributed by atoms with van der Waals surface area (Å²) in [5, 5.41) is 6.82. The highest BCUT2D eigenvalue weighted by atomic mass is 19.4. The van der Waals surface area contributed by atoms with Gasteiger partial charge in [0.2, 0.25) is 0 Å². The Hall–Kier alpha value is -3.09. The van der Waals surface area contributed by atoms with Crippen LogP contribution < -0.4 is 4.74 Å². The van der Waals surface area contributed by atoms with Gasteiger partial charge in [0.05, 0.1) is 11.3 Å². The van der Waals surface area contributed by atoms with Crippen molar-refractivity contribution in [2.24, 2.45) is 0 Å². The molecule has 0 bridgehead atoms. The minimum Gasteiger partial charge on any atom is -0.489 e. The molecule has 27 heavy (non-hydrogen) atoms. The molecule has 3 aromatic rings. The molecule has 0 unspecified atom stereocenters. The molecule has 0 aliphatic rings. The van der Waals surface area contributed by atoms with Gasteiger partial charge in [-0.2, -0.15) is 18.3 Å². The van der Waals surface area contributed by atoms with Gasteiger partial charge < -0.3 is 4.74 Å². The average molecular weight is 374 g/mol. The van der Waals surface area contributed by atoms with E-state index in [0.29, 0.717) is 34.6 Å². The third-order valence-electron chi connectivity index (χ3n) is 4.10. The third kappa shape index (κ3) is 4.36. The van der Waals surface area contributed by atoms with E-state index in [-0.39, 0.29) is 12.4 Å². The van der Waals surface area contributed by atoms with Crippen molar-refractivity contribution in [2.75, 3.05) is 0 Å². The lowest BCUT2D eigenvalue weighted by Crippen LogP contribution is -2.04. The number of nitrogens with zero attached hydrogens (tertiary/aromatic N) is 1. The number of nitrogens with one attached hydrogen (secondary N) is 1. The SMILES string of the molecule is CCC(=O)c1ccc(OCc2c[nH]nc2-c2ccc(C(F)(F)F)cc2)cc1. The highest BCUT2D eigenvalue weighted by molar-refractivity contribution is 5.95. The number of aromatic nitrogens is 2. The van der Waals surface area contributed by atoms with Crippen molar-refractivity contribution in [1.82, 2.24) is 10.2 Å². The van der Waals surface area contributed by atoms with Gasteiger partial charge in [0, 0.05) is 29.3 Å². The summed E-state index contributed by atoms with van der Waals surface area (Å²) in [6.07, 6.45) is -2.30. The van der Waals surface area contributed by atoms with Gasteiger partial charge in [0.15, 0.2) is 5.78 Å². The summed E-state index contributed by atoms with van der Waals surface area (Å²) >= 11 is 0. The van der Waals surface area contributed by atoms with Crippen molar-refractivity contribution < 1.29 is 22.7 Å². The second-order valence-electron chi connectivity index (χ2n) is 5.92. The number of ketones is 1. The number of hydrogen-bond donors (Lipinski definition) is 1. The summed E-state index contributed by atoms with van der Waals surface area (Å²) in [5.41, 5.74) is 1.72. The molecule has 7 heteroatoms. The molecule has 0 amide bonds. The number of alkyl halides is 3. The molecule has 1 N–H and O–H groups in total. The first-order valence-corrected chi connectivity index (χ1v) is 8.35. The van der Waals surface area contributed by atoms with Crippen LogP contribution in [-0.4, -0.2) is 16.0 Å². The van der Waals surface area contributed by atoms with Crippen LogP contribution in [0, 0.1) is 0 Å². The Morgan fingerprint density at radius 1 is 1.07 bits per heavy atom. The van der Waals surface area contributed by atoms with Crippen molar-refractivity contribution in [2.45, 2.75) is 26.1 Å². The maximum absolute atomic E-state index is 12.7. The fourth-order valence-electron chi connectivity index (χ4n) is 2.59. The van der Waals surface area contributed by atoms with E-state index in [2.05, 4.69) is 10.2 Å².